The van der Waals surface area contributed by atoms with Gasteiger partial charge in [-0.15, -0.1) is 0 Å². The topological polar surface area (TPSA) is 29.3 Å². The number of rotatable bonds is 4. The third-order valence-electron chi connectivity index (χ3n) is 4.06. The maximum absolute atomic E-state index is 6.40. The molecule has 1 aliphatic rings. The molecule has 1 saturated heterocycles. The van der Waals surface area contributed by atoms with E-state index >= 15 is 0 Å². The van der Waals surface area contributed by atoms with Crippen LogP contribution in [0.15, 0.2) is 28.7 Å². The van der Waals surface area contributed by atoms with Gasteiger partial charge in [0.05, 0.1) is 6.04 Å². The molecule has 18 heavy (non-hydrogen) atoms. The number of benzene rings is 1. The molecule has 3 unspecified atom stereocenters. The van der Waals surface area contributed by atoms with E-state index in [1.807, 2.05) is 0 Å². The predicted octanol–water partition coefficient (Wildman–Crippen LogP) is 3.71. The molecule has 1 aliphatic heterocycles. The van der Waals surface area contributed by atoms with Gasteiger partial charge in [-0.25, -0.2) is 0 Å². The highest BCUT2D eigenvalue weighted by molar-refractivity contribution is 9.10. The van der Waals surface area contributed by atoms with E-state index in [0.717, 1.165) is 6.42 Å². The predicted molar refractivity (Wildman–Crippen MR) is 80.6 cm³/mol. The van der Waals surface area contributed by atoms with E-state index in [2.05, 4.69) is 58.9 Å². The summed E-state index contributed by atoms with van der Waals surface area (Å²) in [6, 6.07) is 9.67. The van der Waals surface area contributed by atoms with Crippen LogP contribution < -0.4 is 5.73 Å². The highest BCUT2D eigenvalue weighted by Crippen LogP contribution is 2.35. The Morgan fingerprint density at radius 1 is 1.44 bits per heavy atom. The molecule has 1 aromatic rings. The SMILES string of the molecule is CCC(N)C(c1ccccc1Br)N1CCCC1C. The molecule has 3 atom stereocenters. The molecule has 0 aromatic heterocycles. The van der Waals surface area contributed by atoms with E-state index in [-0.39, 0.29) is 6.04 Å². The summed E-state index contributed by atoms with van der Waals surface area (Å²) >= 11 is 3.68. The second-order valence-corrected chi connectivity index (χ2v) is 6.12. The van der Waals surface area contributed by atoms with Crippen molar-refractivity contribution in [3.8, 4) is 0 Å². The second-order valence-electron chi connectivity index (χ2n) is 5.27. The molecule has 2 rings (SSSR count). The molecule has 2 nitrogen and oxygen atoms in total. The Bertz CT molecular complexity index is 394. The minimum absolute atomic E-state index is 0.198. The molecule has 1 heterocycles. The maximum Gasteiger partial charge on any atom is 0.0513 e. The Hall–Kier alpha value is -0.380. The van der Waals surface area contributed by atoms with Crippen molar-refractivity contribution >= 4 is 15.9 Å². The van der Waals surface area contributed by atoms with Gasteiger partial charge in [0.25, 0.3) is 0 Å². The average molecular weight is 311 g/mol. The highest BCUT2D eigenvalue weighted by atomic mass is 79.9. The minimum Gasteiger partial charge on any atom is -0.326 e. The van der Waals surface area contributed by atoms with Gasteiger partial charge in [0.15, 0.2) is 0 Å². The zero-order chi connectivity index (χ0) is 13.1. The summed E-state index contributed by atoms with van der Waals surface area (Å²) in [5.41, 5.74) is 7.73. The van der Waals surface area contributed by atoms with Gasteiger partial charge >= 0.3 is 0 Å². The molecule has 2 N–H and O–H groups in total. The van der Waals surface area contributed by atoms with Gasteiger partial charge < -0.3 is 5.73 Å². The normalized spacial score (nSPS) is 24.1. The summed E-state index contributed by atoms with van der Waals surface area (Å²) in [6.07, 6.45) is 3.59. The fourth-order valence-electron chi connectivity index (χ4n) is 2.96. The Labute approximate surface area is 119 Å². The maximum atomic E-state index is 6.40. The Balaban J connectivity index is 2.33. The van der Waals surface area contributed by atoms with Crippen molar-refractivity contribution in [2.75, 3.05) is 6.54 Å². The largest absolute Gasteiger partial charge is 0.326 e. The third-order valence-corrected chi connectivity index (χ3v) is 4.78. The number of nitrogens with zero attached hydrogens (tertiary/aromatic N) is 1. The first kappa shape index (κ1) is 14.0. The fraction of sp³-hybridized carbons (Fsp3) is 0.600. The van der Waals surface area contributed by atoms with Crippen LogP contribution in [0.25, 0.3) is 0 Å². The van der Waals surface area contributed by atoms with Crippen molar-refractivity contribution in [2.45, 2.75) is 51.2 Å². The molecule has 100 valence electrons. The van der Waals surface area contributed by atoms with Crippen molar-refractivity contribution < 1.29 is 0 Å². The van der Waals surface area contributed by atoms with Gasteiger partial charge in [-0.2, -0.15) is 0 Å². The van der Waals surface area contributed by atoms with E-state index in [9.17, 15) is 0 Å². The molecule has 3 heteroatoms. The van der Waals surface area contributed by atoms with Crippen molar-refractivity contribution in [1.29, 1.82) is 0 Å². The molecular formula is C15H23BrN2. The van der Waals surface area contributed by atoms with Gasteiger partial charge in [-0.1, -0.05) is 41.1 Å². The summed E-state index contributed by atoms with van der Waals surface area (Å²) in [5.74, 6) is 0. The van der Waals surface area contributed by atoms with Crippen LogP contribution in [0.3, 0.4) is 0 Å². The zero-order valence-corrected chi connectivity index (χ0v) is 12.9. The first-order valence-electron chi connectivity index (χ1n) is 6.91. The van der Waals surface area contributed by atoms with Crippen LogP contribution in [0.4, 0.5) is 0 Å². The van der Waals surface area contributed by atoms with Crippen LogP contribution in [-0.4, -0.2) is 23.5 Å². The summed E-state index contributed by atoms with van der Waals surface area (Å²) < 4.78 is 1.18. The average Bonchev–Trinajstić information content (AvgIpc) is 2.78. The van der Waals surface area contributed by atoms with E-state index < -0.39 is 0 Å². The van der Waals surface area contributed by atoms with E-state index in [4.69, 9.17) is 5.73 Å². The third kappa shape index (κ3) is 2.79. The summed E-state index contributed by atoms with van der Waals surface area (Å²) in [5, 5.41) is 0. The number of hydrogen-bond donors (Lipinski definition) is 1. The fourth-order valence-corrected chi connectivity index (χ4v) is 3.48. The summed E-state index contributed by atoms with van der Waals surface area (Å²) in [4.78, 5) is 2.58. The lowest BCUT2D eigenvalue weighted by atomic mass is 9.96. The van der Waals surface area contributed by atoms with Gasteiger partial charge in [0.1, 0.15) is 0 Å². The van der Waals surface area contributed by atoms with Crippen LogP contribution in [0.5, 0.6) is 0 Å². The van der Waals surface area contributed by atoms with Gasteiger partial charge in [0, 0.05) is 16.6 Å². The second kappa shape index (κ2) is 6.18. The van der Waals surface area contributed by atoms with E-state index in [1.54, 1.807) is 0 Å². The monoisotopic (exact) mass is 310 g/mol. The molecule has 0 saturated carbocycles. The Morgan fingerprint density at radius 2 is 2.17 bits per heavy atom. The van der Waals surface area contributed by atoms with Crippen molar-refractivity contribution in [1.82, 2.24) is 4.90 Å². The van der Waals surface area contributed by atoms with Crippen LogP contribution in [0, 0.1) is 0 Å². The zero-order valence-electron chi connectivity index (χ0n) is 11.3. The standard InChI is InChI=1S/C15H23BrN2/c1-3-14(17)15(18-10-6-7-11(18)2)12-8-4-5-9-13(12)16/h4-5,8-9,11,14-15H,3,6-7,10,17H2,1-2H3. The lowest BCUT2D eigenvalue weighted by Gasteiger charge is -2.36. The van der Waals surface area contributed by atoms with E-state index in [0.29, 0.717) is 12.1 Å². The smallest absolute Gasteiger partial charge is 0.0513 e. The lowest BCUT2D eigenvalue weighted by Crippen LogP contribution is -2.42. The van der Waals surface area contributed by atoms with E-state index in [1.165, 1.54) is 29.4 Å². The Kier molecular flexibility index (Phi) is 4.82. The first-order valence-corrected chi connectivity index (χ1v) is 7.70. The van der Waals surface area contributed by atoms with Crippen molar-refractivity contribution in [3.05, 3.63) is 34.3 Å². The Morgan fingerprint density at radius 3 is 2.72 bits per heavy atom. The van der Waals surface area contributed by atoms with Crippen molar-refractivity contribution in [2.24, 2.45) is 5.73 Å². The minimum atomic E-state index is 0.198. The summed E-state index contributed by atoms with van der Waals surface area (Å²) in [7, 11) is 0. The molecule has 0 radical (unpaired) electrons. The van der Waals surface area contributed by atoms with Crippen LogP contribution in [0.2, 0.25) is 0 Å². The molecule has 0 aliphatic carbocycles. The first-order chi connectivity index (χ1) is 8.65. The lowest BCUT2D eigenvalue weighted by molar-refractivity contribution is 0.162. The number of halogens is 1. The molecule has 0 spiro atoms. The number of hydrogen-bond acceptors (Lipinski definition) is 2. The van der Waals surface area contributed by atoms with Crippen molar-refractivity contribution in [3.63, 3.8) is 0 Å². The molecular weight excluding hydrogens is 288 g/mol. The molecule has 0 amide bonds. The van der Waals surface area contributed by atoms with Crippen LogP contribution >= 0.6 is 15.9 Å². The van der Waals surface area contributed by atoms with Crippen LogP contribution in [0.1, 0.15) is 44.7 Å². The van der Waals surface area contributed by atoms with Crippen LogP contribution in [-0.2, 0) is 0 Å². The number of nitrogens with two attached hydrogens (primary N) is 1. The summed E-state index contributed by atoms with van der Waals surface area (Å²) in [6.45, 7) is 5.66. The van der Waals surface area contributed by atoms with Gasteiger partial charge in [0.2, 0.25) is 0 Å². The quantitative estimate of drug-likeness (QED) is 0.918. The highest BCUT2D eigenvalue weighted by Gasteiger charge is 2.32. The molecule has 1 fully saturated rings. The number of likely N-dealkylation sites (tertiary alicyclic amines) is 1. The van der Waals surface area contributed by atoms with Gasteiger partial charge in [-0.3, -0.25) is 4.90 Å². The molecule has 0 bridgehead atoms. The van der Waals surface area contributed by atoms with Gasteiger partial charge in [-0.05, 0) is 44.4 Å². The molecule has 1 aromatic carbocycles.